The van der Waals surface area contributed by atoms with Crippen molar-refractivity contribution in [3.8, 4) is 0 Å². The second kappa shape index (κ2) is 4.36. The molecule has 2 heterocycles. The van der Waals surface area contributed by atoms with Crippen LogP contribution >= 0.6 is 0 Å². The highest BCUT2D eigenvalue weighted by Gasteiger charge is 2.36. The van der Waals surface area contributed by atoms with Crippen molar-refractivity contribution in [1.82, 2.24) is 15.5 Å². The molecule has 1 saturated carbocycles. The van der Waals surface area contributed by atoms with Crippen LogP contribution in [0.2, 0.25) is 0 Å². The maximum absolute atomic E-state index is 9.44. The van der Waals surface area contributed by atoms with E-state index in [-0.39, 0.29) is 18.2 Å². The third-order valence-corrected chi connectivity index (χ3v) is 3.42. The Morgan fingerprint density at radius 1 is 1.53 bits per heavy atom. The van der Waals surface area contributed by atoms with Gasteiger partial charge in [0, 0.05) is 13.7 Å². The predicted molar refractivity (Wildman–Crippen MR) is 58.1 cm³/mol. The van der Waals surface area contributed by atoms with Gasteiger partial charge in [0.2, 0.25) is 11.7 Å². The average molecular weight is 239 g/mol. The van der Waals surface area contributed by atoms with Gasteiger partial charge in [-0.1, -0.05) is 5.16 Å². The predicted octanol–water partition coefficient (Wildman–Crippen LogP) is 0.562. The van der Waals surface area contributed by atoms with E-state index >= 15 is 0 Å². The fourth-order valence-corrected chi connectivity index (χ4v) is 2.32. The van der Waals surface area contributed by atoms with Crippen LogP contribution in [-0.2, 0) is 4.74 Å². The van der Waals surface area contributed by atoms with Gasteiger partial charge in [0.1, 0.15) is 6.10 Å². The quantitative estimate of drug-likeness (QED) is 0.799. The molecule has 1 aromatic rings. The molecule has 6 heteroatoms. The van der Waals surface area contributed by atoms with Crippen LogP contribution < -0.4 is 5.32 Å². The van der Waals surface area contributed by atoms with E-state index in [1.54, 1.807) is 7.11 Å². The average Bonchev–Trinajstić information content (AvgIpc) is 2.87. The lowest BCUT2D eigenvalue weighted by Crippen LogP contribution is -2.15. The third kappa shape index (κ3) is 2.20. The van der Waals surface area contributed by atoms with Crippen LogP contribution in [0.15, 0.2) is 4.52 Å². The number of aliphatic hydroxyl groups is 1. The first-order valence-corrected chi connectivity index (χ1v) is 6.05. The molecule has 6 nitrogen and oxygen atoms in total. The molecule has 0 aromatic carbocycles. The number of ether oxygens (including phenoxy) is 1. The maximum atomic E-state index is 9.44. The molecule has 3 atom stereocenters. The summed E-state index contributed by atoms with van der Waals surface area (Å²) >= 11 is 0. The van der Waals surface area contributed by atoms with E-state index in [0.29, 0.717) is 30.6 Å². The van der Waals surface area contributed by atoms with E-state index < -0.39 is 0 Å². The molecule has 17 heavy (non-hydrogen) atoms. The van der Waals surface area contributed by atoms with Gasteiger partial charge in [-0.25, -0.2) is 0 Å². The molecular formula is C11H17N3O3. The molecule has 1 aliphatic heterocycles. The highest BCUT2D eigenvalue weighted by Crippen LogP contribution is 2.42. The van der Waals surface area contributed by atoms with Gasteiger partial charge in [0.05, 0.1) is 12.1 Å². The van der Waals surface area contributed by atoms with Crippen LogP contribution in [0.4, 0.5) is 0 Å². The van der Waals surface area contributed by atoms with Crippen LogP contribution in [-0.4, -0.2) is 35.0 Å². The van der Waals surface area contributed by atoms with Crippen LogP contribution in [0.3, 0.4) is 0 Å². The van der Waals surface area contributed by atoms with E-state index in [1.807, 2.05) is 0 Å². The minimum atomic E-state index is -0.322. The molecule has 0 amide bonds. The first-order chi connectivity index (χ1) is 8.28. The van der Waals surface area contributed by atoms with Crippen LogP contribution in [0.1, 0.15) is 43.1 Å². The Morgan fingerprint density at radius 2 is 2.35 bits per heavy atom. The normalized spacial score (nSPS) is 30.7. The van der Waals surface area contributed by atoms with Gasteiger partial charge in [0.15, 0.2) is 0 Å². The lowest BCUT2D eigenvalue weighted by atomic mass is 10.2. The second-order valence-corrected chi connectivity index (χ2v) is 4.83. The molecule has 0 spiro atoms. The van der Waals surface area contributed by atoms with Crippen LogP contribution in [0.5, 0.6) is 0 Å². The van der Waals surface area contributed by atoms with Crippen molar-refractivity contribution < 1.29 is 14.4 Å². The standard InChI is InChI=1S/C11H17N3O3/c1-16-9(6-2-3-6)10-13-11(17-14-10)8-4-7(15)5-12-8/h6-9,12,15H,2-5H2,1H3/t7-,8+,9?/m0/s1. The van der Waals surface area contributed by atoms with Crippen molar-refractivity contribution in [3.05, 3.63) is 11.7 Å². The smallest absolute Gasteiger partial charge is 0.243 e. The van der Waals surface area contributed by atoms with Crippen molar-refractivity contribution >= 4 is 0 Å². The summed E-state index contributed by atoms with van der Waals surface area (Å²) in [5, 5.41) is 16.6. The summed E-state index contributed by atoms with van der Waals surface area (Å²) in [6.07, 6.45) is 2.60. The number of β-amino-alcohol motifs (C(OH)–C–C–N with tert-alkyl or cyclic N) is 1. The summed E-state index contributed by atoms with van der Waals surface area (Å²) in [6, 6.07) is -0.0250. The molecule has 1 unspecified atom stereocenters. The van der Waals surface area contributed by atoms with E-state index in [9.17, 15) is 5.11 Å². The van der Waals surface area contributed by atoms with Gasteiger partial charge >= 0.3 is 0 Å². The Hall–Kier alpha value is -0.980. The van der Waals surface area contributed by atoms with Gasteiger partial charge in [0.25, 0.3) is 0 Å². The van der Waals surface area contributed by atoms with E-state index in [1.165, 1.54) is 12.8 Å². The Bertz CT molecular complexity index is 391. The number of hydrogen-bond donors (Lipinski definition) is 2. The fourth-order valence-electron chi connectivity index (χ4n) is 2.32. The summed E-state index contributed by atoms with van der Waals surface area (Å²) in [5.41, 5.74) is 0. The SMILES string of the molecule is COC(c1noc([C@H]2C[C@H](O)CN2)n1)C1CC1. The van der Waals surface area contributed by atoms with Gasteiger partial charge in [-0.05, 0) is 25.2 Å². The molecule has 1 aromatic heterocycles. The van der Waals surface area contributed by atoms with Gasteiger partial charge in [-0.15, -0.1) is 0 Å². The summed E-state index contributed by atoms with van der Waals surface area (Å²) in [5.74, 6) is 1.72. The minimum Gasteiger partial charge on any atom is -0.392 e. The van der Waals surface area contributed by atoms with Crippen LogP contribution in [0, 0.1) is 5.92 Å². The summed E-state index contributed by atoms with van der Waals surface area (Å²) in [6.45, 7) is 0.582. The summed E-state index contributed by atoms with van der Waals surface area (Å²) in [7, 11) is 1.68. The molecular weight excluding hydrogens is 222 g/mol. The summed E-state index contributed by atoms with van der Waals surface area (Å²) in [4.78, 5) is 4.38. The fraction of sp³-hybridized carbons (Fsp3) is 0.818. The molecule has 1 aliphatic carbocycles. The Kier molecular flexibility index (Phi) is 2.85. The lowest BCUT2D eigenvalue weighted by Gasteiger charge is -2.08. The summed E-state index contributed by atoms with van der Waals surface area (Å²) < 4.78 is 10.6. The lowest BCUT2D eigenvalue weighted by molar-refractivity contribution is 0.0751. The zero-order valence-electron chi connectivity index (χ0n) is 9.80. The molecule has 0 radical (unpaired) electrons. The minimum absolute atomic E-state index is 0.0250. The molecule has 2 aliphatic rings. The number of nitrogens with one attached hydrogen (secondary N) is 1. The number of nitrogens with zero attached hydrogens (tertiary/aromatic N) is 2. The van der Waals surface area contributed by atoms with Crippen molar-refractivity contribution in [3.63, 3.8) is 0 Å². The van der Waals surface area contributed by atoms with Crippen molar-refractivity contribution in [2.75, 3.05) is 13.7 Å². The molecule has 3 rings (SSSR count). The van der Waals surface area contributed by atoms with Gasteiger partial charge < -0.3 is 19.7 Å². The molecule has 2 N–H and O–H groups in total. The zero-order chi connectivity index (χ0) is 11.8. The molecule has 0 bridgehead atoms. The van der Waals surface area contributed by atoms with E-state index in [0.717, 1.165) is 0 Å². The Balaban J connectivity index is 1.73. The molecule has 2 fully saturated rings. The topological polar surface area (TPSA) is 80.4 Å². The molecule has 1 saturated heterocycles. The Labute approximate surface area is 99.3 Å². The number of rotatable bonds is 4. The van der Waals surface area contributed by atoms with Crippen molar-refractivity contribution in [1.29, 1.82) is 0 Å². The highest BCUT2D eigenvalue weighted by atomic mass is 16.5. The Morgan fingerprint density at radius 3 is 2.94 bits per heavy atom. The largest absolute Gasteiger partial charge is 0.392 e. The third-order valence-electron chi connectivity index (χ3n) is 3.42. The van der Waals surface area contributed by atoms with Crippen LogP contribution in [0.25, 0.3) is 0 Å². The van der Waals surface area contributed by atoms with E-state index in [4.69, 9.17) is 9.26 Å². The zero-order valence-corrected chi connectivity index (χ0v) is 9.80. The van der Waals surface area contributed by atoms with Crippen molar-refractivity contribution in [2.24, 2.45) is 5.92 Å². The second-order valence-electron chi connectivity index (χ2n) is 4.83. The van der Waals surface area contributed by atoms with Gasteiger partial charge in [-0.3, -0.25) is 0 Å². The molecule has 94 valence electrons. The highest BCUT2D eigenvalue weighted by molar-refractivity contribution is 5.02. The first kappa shape index (κ1) is 11.1. The monoisotopic (exact) mass is 239 g/mol. The maximum Gasteiger partial charge on any atom is 0.243 e. The first-order valence-electron chi connectivity index (χ1n) is 6.05. The number of aliphatic hydroxyl groups excluding tert-OH is 1. The van der Waals surface area contributed by atoms with Gasteiger partial charge in [-0.2, -0.15) is 4.98 Å². The van der Waals surface area contributed by atoms with E-state index in [2.05, 4.69) is 15.5 Å². The van der Waals surface area contributed by atoms with Crippen molar-refractivity contribution in [2.45, 2.75) is 37.5 Å². The number of aromatic nitrogens is 2. The number of hydrogen-bond acceptors (Lipinski definition) is 6. The number of methoxy groups -OCH3 is 1.